The molecule has 0 bridgehead atoms. The topological polar surface area (TPSA) is 87.4 Å². The minimum Gasteiger partial charge on any atom is -0.441 e. The van der Waals surface area contributed by atoms with E-state index < -0.39 is 12.1 Å². The van der Waals surface area contributed by atoms with Crippen molar-refractivity contribution in [1.29, 1.82) is 0 Å². The first kappa shape index (κ1) is 15.9. The molecule has 3 rings (SSSR count). The van der Waals surface area contributed by atoms with E-state index in [0.29, 0.717) is 28.2 Å². The summed E-state index contributed by atoms with van der Waals surface area (Å²) in [5.74, 6) is 0.171. The van der Waals surface area contributed by atoms with Crippen molar-refractivity contribution >= 4 is 22.8 Å². The minimum absolute atomic E-state index is 0.00276. The van der Waals surface area contributed by atoms with Crippen molar-refractivity contribution in [2.75, 3.05) is 11.9 Å². The second-order valence-corrected chi connectivity index (χ2v) is 5.32. The number of carbonyl (C=O) groups is 1. The number of aryl methyl sites for hydroxylation is 1. The Morgan fingerprint density at radius 1 is 1.29 bits per heavy atom. The zero-order valence-corrected chi connectivity index (χ0v) is 12.9. The van der Waals surface area contributed by atoms with Crippen LogP contribution >= 0.6 is 0 Å². The Morgan fingerprint density at radius 2 is 2.04 bits per heavy atom. The molecule has 0 aliphatic carbocycles. The van der Waals surface area contributed by atoms with Gasteiger partial charge in [-0.3, -0.25) is 0 Å². The fourth-order valence-corrected chi connectivity index (χ4v) is 2.29. The Hall–Kier alpha value is -2.93. The molecule has 24 heavy (non-hydrogen) atoms. The van der Waals surface area contributed by atoms with Gasteiger partial charge in [0.25, 0.3) is 0 Å². The lowest BCUT2D eigenvalue weighted by Gasteiger charge is -2.13. The number of aliphatic hydroxyl groups excluding tert-OH is 1. The molecule has 1 heterocycles. The van der Waals surface area contributed by atoms with Crippen molar-refractivity contribution < 1.29 is 18.7 Å². The van der Waals surface area contributed by atoms with Crippen molar-refractivity contribution in [3.8, 4) is 0 Å². The van der Waals surface area contributed by atoms with Gasteiger partial charge in [-0.25, -0.2) is 14.2 Å². The fraction of sp³-hybridized carbons (Fsp3) is 0.176. The maximum absolute atomic E-state index is 12.8. The first-order valence-corrected chi connectivity index (χ1v) is 7.37. The molecule has 2 aromatic carbocycles. The largest absolute Gasteiger partial charge is 0.441 e. The van der Waals surface area contributed by atoms with Crippen molar-refractivity contribution in [1.82, 2.24) is 10.3 Å². The third-order valence-corrected chi connectivity index (χ3v) is 3.46. The number of fused-ring (bicyclic) bond motifs is 1. The maximum Gasteiger partial charge on any atom is 0.319 e. The van der Waals surface area contributed by atoms with Gasteiger partial charge in [0.1, 0.15) is 11.3 Å². The molecule has 1 unspecified atom stereocenters. The number of oxazole rings is 1. The first-order chi connectivity index (χ1) is 11.5. The van der Waals surface area contributed by atoms with Crippen LogP contribution in [-0.2, 0) is 0 Å². The average Bonchev–Trinajstić information content (AvgIpc) is 2.92. The molecule has 3 aromatic rings. The molecule has 0 spiro atoms. The van der Waals surface area contributed by atoms with E-state index in [1.165, 1.54) is 24.3 Å². The lowest BCUT2D eigenvalue weighted by Crippen LogP contribution is -2.32. The van der Waals surface area contributed by atoms with Gasteiger partial charge in [0.15, 0.2) is 11.5 Å². The number of aromatic nitrogens is 1. The molecule has 2 amide bonds. The molecule has 0 fully saturated rings. The van der Waals surface area contributed by atoms with Crippen LogP contribution in [0, 0.1) is 12.7 Å². The standard InChI is InChI=1S/C17H16FN3O3/c1-10-20-14-8-13(6-7-16(14)24-10)21-17(23)19-9-15(22)11-2-4-12(18)5-3-11/h2-8,15,22H,9H2,1H3,(H2,19,21,23). The first-order valence-electron chi connectivity index (χ1n) is 7.37. The van der Waals surface area contributed by atoms with E-state index in [0.717, 1.165) is 0 Å². The molecule has 124 valence electrons. The third-order valence-electron chi connectivity index (χ3n) is 3.46. The van der Waals surface area contributed by atoms with Gasteiger partial charge in [-0.1, -0.05) is 12.1 Å². The van der Waals surface area contributed by atoms with Gasteiger partial charge in [-0.05, 0) is 35.9 Å². The summed E-state index contributed by atoms with van der Waals surface area (Å²) in [6.07, 6.45) is -0.919. The Labute approximate surface area is 137 Å². The number of aliphatic hydroxyl groups is 1. The van der Waals surface area contributed by atoms with Crippen molar-refractivity contribution in [2.24, 2.45) is 0 Å². The van der Waals surface area contributed by atoms with Crippen LogP contribution in [0.3, 0.4) is 0 Å². The molecule has 3 N–H and O–H groups in total. The molecule has 0 saturated heterocycles. The van der Waals surface area contributed by atoms with E-state index >= 15 is 0 Å². The van der Waals surface area contributed by atoms with Gasteiger partial charge in [-0.15, -0.1) is 0 Å². The van der Waals surface area contributed by atoms with Crippen LogP contribution in [0.2, 0.25) is 0 Å². The Balaban J connectivity index is 1.57. The van der Waals surface area contributed by atoms with Gasteiger partial charge in [0.05, 0.1) is 6.10 Å². The Morgan fingerprint density at radius 3 is 2.79 bits per heavy atom. The van der Waals surface area contributed by atoms with Gasteiger partial charge in [0, 0.05) is 19.2 Å². The summed E-state index contributed by atoms with van der Waals surface area (Å²) in [5, 5.41) is 15.2. The number of anilines is 1. The van der Waals surface area contributed by atoms with Crippen LogP contribution in [0.4, 0.5) is 14.9 Å². The molecule has 6 nitrogen and oxygen atoms in total. The molecular weight excluding hydrogens is 313 g/mol. The summed E-state index contributed by atoms with van der Waals surface area (Å²) in [4.78, 5) is 16.1. The molecule has 1 aromatic heterocycles. The molecule has 0 radical (unpaired) electrons. The number of rotatable bonds is 4. The highest BCUT2D eigenvalue weighted by molar-refractivity contribution is 5.91. The summed E-state index contributed by atoms with van der Waals surface area (Å²) >= 11 is 0. The Kier molecular flexibility index (Phi) is 4.43. The molecule has 0 aliphatic heterocycles. The predicted molar refractivity (Wildman–Crippen MR) is 87.1 cm³/mol. The highest BCUT2D eigenvalue weighted by atomic mass is 19.1. The predicted octanol–water partition coefficient (Wildman–Crippen LogP) is 3.13. The molecule has 0 saturated carbocycles. The van der Waals surface area contributed by atoms with Crippen LogP contribution in [0.5, 0.6) is 0 Å². The van der Waals surface area contributed by atoms with E-state index in [-0.39, 0.29) is 12.4 Å². The summed E-state index contributed by atoms with van der Waals surface area (Å²) in [6.45, 7) is 1.75. The summed E-state index contributed by atoms with van der Waals surface area (Å²) in [7, 11) is 0. The second kappa shape index (κ2) is 6.67. The number of benzene rings is 2. The highest BCUT2D eigenvalue weighted by Crippen LogP contribution is 2.19. The number of hydrogen-bond donors (Lipinski definition) is 3. The number of hydrogen-bond acceptors (Lipinski definition) is 4. The van der Waals surface area contributed by atoms with E-state index in [1.54, 1.807) is 25.1 Å². The molecule has 7 heteroatoms. The third kappa shape index (κ3) is 3.69. The van der Waals surface area contributed by atoms with Gasteiger partial charge < -0.3 is 20.2 Å². The van der Waals surface area contributed by atoms with Crippen molar-refractivity contribution in [2.45, 2.75) is 13.0 Å². The van der Waals surface area contributed by atoms with E-state index in [4.69, 9.17) is 4.42 Å². The summed E-state index contributed by atoms with van der Waals surface area (Å²) in [6, 6.07) is 10.1. The molecule has 0 aliphatic rings. The van der Waals surface area contributed by atoms with E-state index in [2.05, 4.69) is 15.6 Å². The van der Waals surface area contributed by atoms with Gasteiger partial charge in [-0.2, -0.15) is 0 Å². The summed E-state index contributed by atoms with van der Waals surface area (Å²) < 4.78 is 18.2. The molecule has 1 atom stereocenters. The lowest BCUT2D eigenvalue weighted by molar-refractivity contribution is 0.175. The Bertz CT molecular complexity index is 861. The maximum atomic E-state index is 12.8. The normalized spacial score (nSPS) is 12.1. The highest BCUT2D eigenvalue weighted by Gasteiger charge is 2.10. The number of carbonyl (C=O) groups excluding carboxylic acids is 1. The van der Waals surface area contributed by atoms with Gasteiger partial charge >= 0.3 is 6.03 Å². The summed E-state index contributed by atoms with van der Waals surface area (Å²) in [5.41, 5.74) is 2.38. The number of urea groups is 1. The zero-order valence-electron chi connectivity index (χ0n) is 12.9. The number of amides is 2. The lowest BCUT2D eigenvalue weighted by atomic mass is 10.1. The zero-order chi connectivity index (χ0) is 17.1. The SMILES string of the molecule is Cc1nc2cc(NC(=O)NCC(O)c3ccc(F)cc3)ccc2o1. The van der Waals surface area contributed by atoms with Crippen LogP contribution in [-0.4, -0.2) is 22.7 Å². The van der Waals surface area contributed by atoms with Crippen LogP contribution in [0.15, 0.2) is 46.9 Å². The van der Waals surface area contributed by atoms with Gasteiger partial charge in [0.2, 0.25) is 0 Å². The monoisotopic (exact) mass is 329 g/mol. The van der Waals surface area contributed by atoms with Crippen molar-refractivity contribution in [3.05, 3.63) is 59.7 Å². The van der Waals surface area contributed by atoms with E-state index in [9.17, 15) is 14.3 Å². The van der Waals surface area contributed by atoms with Crippen LogP contribution in [0.25, 0.3) is 11.1 Å². The second-order valence-electron chi connectivity index (χ2n) is 5.32. The number of nitrogens with one attached hydrogen (secondary N) is 2. The number of nitrogens with zero attached hydrogens (tertiary/aromatic N) is 1. The van der Waals surface area contributed by atoms with Crippen LogP contribution < -0.4 is 10.6 Å². The quantitative estimate of drug-likeness (QED) is 0.686. The molecular formula is C17H16FN3O3. The van der Waals surface area contributed by atoms with Crippen molar-refractivity contribution in [3.63, 3.8) is 0 Å². The van der Waals surface area contributed by atoms with Crippen LogP contribution in [0.1, 0.15) is 17.6 Å². The minimum atomic E-state index is -0.919. The van der Waals surface area contributed by atoms with E-state index in [1.807, 2.05) is 0 Å². The average molecular weight is 329 g/mol. The number of halogens is 1. The smallest absolute Gasteiger partial charge is 0.319 e. The fourth-order valence-electron chi connectivity index (χ4n) is 2.29.